The number of likely N-dealkylation sites (tertiary alicyclic amines) is 1. The van der Waals surface area contributed by atoms with Crippen LogP contribution in [0.4, 0.5) is 0 Å². The number of aliphatic hydroxyl groups excluding tert-OH is 1. The van der Waals surface area contributed by atoms with Gasteiger partial charge in [0.25, 0.3) is 11.7 Å². The number of ether oxygens (including phenoxy) is 3. The van der Waals surface area contributed by atoms with Gasteiger partial charge in [0.15, 0.2) is 11.5 Å². The van der Waals surface area contributed by atoms with Crippen LogP contribution < -0.4 is 14.2 Å². The molecule has 1 aliphatic rings. The van der Waals surface area contributed by atoms with Gasteiger partial charge in [0.05, 0.1) is 31.9 Å². The molecule has 0 radical (unpaired) electrons. The zero-order valence-corrected chi connectivity index (χ0v) is 23.2. The predicted molar refractivity (Wildman–Crippen MR) is 148 cm³/mol. The summed E-state index contributed by atoms with van der Waals surface area (Å²) in [6.45, 7) is 6.23. The van der Waals surface area contributed by atoms with Crippen molar-refractivity contribution < 1.29 is 28.9 Å². The molecule has 1 aliphatic heterocycles. The van der Waals surface area contributed by atoms with Crippen LogP contribution in [0.2, 0.25) is 0 Å². The molecule has 0 bridgehead atoms. The van der Waals surface area contributed by atoms with Gasteiger partial charge in [-0.15, -0.1) is 0 Å². The van der Waals surface area contributed by atoms with Crippen molar-refractivity contribution in [2.45, 2.75) is 45.6 Å². The number of carbonyl (C=O) groups is 2. The lowest BCUT2D eigenvalue weighted by Crippen LogP contribution is -2.32. The Balaban J connectivity index is 2.01. The maximum atomic E-state index is 13.3. The number of carbonyl (C=O) groups excluding carboxylic acids is 2. The SMILES string of the molecule is CCCCCOc1ccc(/C(O)=C2/C(=O)C(=O)N(CCCN(C)C)C2c2ccc(OCC)c(OC)c2)cc1. The minimum absolute atomic E-state index is 0.0580. The number of ketones is 1. The van der Waals surface area contributed by atoms with Gasteiger partial charge in [0.1, 0.15) is 11.5 Å². The Morgan fingerprint density at radius 3 is 2.34 bits per heavy atom. The zero-order chi connectivity index (χ0) is 27.7. The van der Waals surface area contributed by atoms with Gasteiger partial charge in [-0.1, -0.05) is 25.8 Å². The third-order valence-electron chi connectivity index (χ3n) is 6.49. The minimum Gasteiger partial charge on any atom is -0.507 e. The van der Waals surface area contributed by atoms with Crippen LogP contribution in [0, 0.1) is 0 Å². The third-order valence-corrected chi connectivity index (χ3v) is 6.49. The molecule has 8 nitrogen and oxygen atoms in total. The fourth-order valence-corrected chi connectivity index (χ4v) is 4.55. The van der Waals surface area contributed by atoms with Gasteiger partial charge in [-0.2, -0.15) is 0 Å². The average molecular weight is 525 g/mol. The monoisotopic (exact) mass is 524 g/mol. The average Bonchev–Trinajstić information content (AvgIpc) is 3.16. The summed E-state index contributed by atoms with van der Waals surface area (Å²) in [6, 6.07) is 11.5. The minimum atomic E-state index is -0.758. The van der Waals surface area contributed by atoms with Gasteiger partial charge < -0.3 is 29.1 Å². The van der Waals surface area contributed by atoms with E-state index in [1.807, 2.05) is 32.0 Å². The Morgan fingerprint density at radius 2 is 1.71 bits per heavy atom. The van der Waals surface area contributed by atoms with Crippen LogP contribution in [0.15, 0.2) is 48.0 Å². The summed E-state index contributed by atoms with van der Waals surface area (Å²) in [5.74, 6) is 0.207. The van der Waals surface area contributed by atoms with E-state index in [-0.39, 0.29) is 11.3 Å². The second-order valence-electron chi connectivity index (χ2n) is 9.57. The van der Waals surface area contributed by atoms with Gasteiger partial charge in [-0.3, -0.25) is 9.59 Å². The van der Waals surface area contributed by atoms with E-state index in [4.69, 9.17) is 14.2 Å². The summed E-state index contributed by atoms with van der Waals surface area (Å²) >= 11 is 0. The number of nitrogens with zero attached hydrogens (tertiary/aromatic N) is 2. The van der Waals surface area contributed by atoms with Gasteiger partial charge in [-0.05, 0) is 82.4 Å². The molecule has 0 saturated carbocycles. The van der Waals surface area contributed by atoms with Gasteiger partial charge in [-0.25, -0.2) is 0 Å². The Morgan fingerprint density at radius 1 is 0.974 bits per heavy atom. The predicted octanol–water partition coefficient (Wildman–Crippen LogP) is 5.04. The molecule has 8 heteroatoms. The molecule has 0 aromatic heterocycles. The molecular formula is C30H40N2O6. The first kappa shape index (κ1) is 29.0. The lowest BCUT2D eigenvalue weighted by Gasteiger charge is -2.26. The van der Waals surface area contributed by atoms with Crippen LogP contribution in [0.5, 0.6) is 17.2 Å². The standard InChI is InChI=1S/C30H40N2O6/c1-6-8-9-19-38-23-14-11-21(12-15-23)28(33)26-27(22-13-16-24(37-7-2)25(20-22)36-5)32(30(35)29(26)34)18-10-17-31(3)4/h11-16,20,27,33H,6-10,17-19H2,1-5H3/b28-26-. The van der Waals surface area contributed by atoms with Crippen molar-refractivity contribution in [1.29, 1.82) is 0 Å². The molecule has 1 atom stereocenters. The van der Waals surface area contributed by atoms with E-state index >= 15 is 0 Å². The quantitative estimate of drug-likeness (QED) is 0.160. The first-order valence-corrected chi connectivity index (χ1v) is 13.3. The number of amides is 1. The molecule has 1 saturated heterocycles. The molecule has 206 valence electrons. The van der Waals surface area contributed by atoms with Crippen molar-refractivity contribution in [2.75, 3.05) is 47.5 Å². The van der Waals surface area contributed by atoms with Gasteiger partial charge in [0.2, 0.25) is 0 Å². The largest absolute Gasteiger partial charge is 0.507 e. The molecule has 0 aliphatic carbocycles. The molecule has 1 heterocycles. The van der Waals surface area contributed by atoms with Crippen molar-refractivity contribution in [1.82, 2.24) is 9.80 Å². The lowest BCUT2D eigenvalue weighted by molar-refractivity contribution is -0.139. The van der Waals surface area contributed by atoms with Crippen molar-refractivity contribution >= 4 is 17.4 Å². The topological polar surface area (TPSA) is 88.5 Å². The number of rotatable bonds is 14. The number of hydrogen-bond acceptors (Lipinski definition) is 7. The highest BCUT2D eigenvalue weighted by Crippen LogP contribution is 2.42. The smallest absolute Gasteiger partial charge is 0.295 e. The number of benzene rings is 2. The molecular weight excluding hydrogens is 484 g/mol. The Kier molecular flexibility index (Phi) is 10.6. The molecule has 1 fully saturated rings. The summed E-state index contributed by atoms with van der Waals surface area (Å²) in [6.07, 6.45) is 3.86. The molecule has 2 aromatic rings. The van der Waals surface area contributed by atoms with Crippen LogP contribution in [0.25, 0.3) is 5.76 Å². The van der Waals surface area contributed by atoms with Crippen LogP contribution in [-0.4, -0.2) is 74.1 Å². The third kappa shape index (κ3) is 6.86. The van der Waals surface area contributed by atoms with Crippen molar-refractivity contribution in [2.24, 2.45) is 0 Å². The first-order valence-electron chi connectivity index (χ1n) is 13.3. The first-order chi connectivity index (χ1) is 18.3. The zero-order valence-electron chi connectivity index (χ0n) is 23.2. The summed E-state index contributed by atoms with van der Waals surface area (Å²) in [7, 11) is 5.46. The van der Waals surface area contributed by atoms with E-state index < -0.39 is 17.7 Å². The Bertz CT molecular complexity index is 1130. The van der Waals surface area contributed by atoms with E-state index in [2.05, 4.69) is 6.92 Å². The molecule has 0 spiro atoms. The summed E-state index contributed by atoms with van der Waals surface area (Å²) < 4.78 is 17.0. The number of hydrogen-bond donors (Lipinski definition) is 1. The molecule has 2 aromatic carbocycles. The van der Waals surface area contributed by atoms with Crippen LogP contribution >= 0.6 is 0 Å². The van der Waals surface area contributed by atoms with E-state index in [1.54, 1.807) is 43.5 Å². The van der Waals surface area contributed by atoms with E-state index in [9.17, 15) is 14.7 Å². The Hall–Kier alpha value is -3.52. The molecule has 38 heavy (non-hydrogen) atoms. The highest BCUT2D eigenvalue weighted by Gasteiger charge is 2.46. The fraction of sp³-hybridized carbons (Fsp3) is 0.467. The lowest BCUT2D eigenvalue weighted by atomic mass is 9.95. The van der Waals surface area contributed by atoms with Crippen LogP contribution in [0.3, 0.4) is 0 Å². The summed E-state index contributed by atoms with van der Waals surface area (Å²) in [5.41, 5.74) is 1.16. The van der Waals surface area contributed by atoms with Crippen molar-refractivity contribution in [3.63, 3.8) is 0 Å². The highest BCUT2D eigenvalue weighted by atomic mass is 16.5. The number of unbranched alkanes of at least 4 members (excludes halogenated alkanes) is 2. The molecule has 1 amide bonds. The molecule has 1 N–H and O–H groups in total. The van der Waals surface area contributed by atoms with Gasteiger partial charge in [0, 0.05) is 12.1 Å². The van der Waals surface area contributed by atoms with Crippen LogP contribution in [-0.2, 0) is 9.59 Å². The molecule has 3 rings (SSSR count). The summed E-state index contributed by atoms with van der Waals surface area (Å²) in [5, 5.41) is 11.3. The van der Waals surface area contributed by atoms with E-state index in [0.29, 0.717) is 54.6 Å². The number of methoxy groups -OCH3 is 1. The van der Waals surface area contributed by atoms with Crippen LogP contribution in [0.1, 0.15) is 56.7 Å². The maximum absolute atomic E-state index is 13.3. The second kappa shape index (κ2) is 13.9. The summed E-state index contributed by atoms with van der Waals surface area (Å²) in [4.78, 5) is 30.1. The van der Waals surface area contributed by atoms with E-state index in [0.717, 1.165) is 25.8 Å². The maximum Gasteiger partial charge on any atom is 0.295 e. The fourth-order valence-electron chi connectivity index (χ4n) is 4.55. The molecule has 1 unspecified atom stereocenters. The highest BCUT2D eigenvalue weighted by molar-refractivity contribution is 6.46. The number of Topliss-reactive ketones (excluding diaryl/α,β-unsaturated/α-hetero) is 1. The van der Waals surface area contributed by atoms with Crippen molar-refractivity contribution in [3.05, 3.63) is 59.2 Å². The van der Waals surface area contributed by atoms with Gasteiger partial charge >= 0.3 is 0 Å². The van der Waals surface area contributed by atoms with E-state index in [1.165, 1.54) is 4.90 Å². The second-order valence-corrected chi connectivity index (χ2v) is 9.57. The number of aliphatic hydroxyl groups is 1. The van der Waals surface area contributed by atoms with Crippen molar-refractivity contribution in [3.8, 4) is 17.2 Å². The normalized spacial score (nSPS) is 16.8. The Labute approximate surface area is 225 Å².